The molecule has 0 aliphatic heterocycles. The Morgan fingerprint density at radius 3 is 2.07 bits per heavy atom. The lowest BCUT2D eigenvalue weighted by Crippen LogP contribution is -2.14. The third-order valence-corrected chi connectivity index (χ3v) is 5.52. The van der Waals surface area contributed by atoms with Crippen LogP contribution in [0.3, 0.4) is 0 Å². The normalized spacial score (nSPS) is 11.7. The van der Waals surface area contributed by atoms with Gasteiger partial charge in [-0.1, -0.05) is 72.3 Å². The fourth-order valence-electron chi connectivity index (χ4n) is 3.15. The summed E-state index contributed by atoms with van der Waals surface area (Å²) < 4.78 is 2.28. The molecule has 0 atom stereocenters. The molecule has 27 heavy (non-hydrogen) atoms. The molecule has 0 unspecified atom stereocenters. The zero-order valence-corrected chi connectivity index (χ0v) is 16.4. The Hall–Kier alpha value is -2.91. The van der Waals surface area contributed by atoms with Gasteiger partial charge in [-0.15, -0.1) is 11.3 Å². The summed E-state index contributed by atoms with van der Waals surface area (Å²) in [6.07, 6.45) is 0. The minimum Gasteiger partial charge on any atom is -0.317 e. The van der Waals surface area contributed by atoms with Crippen molar-refractivity contribution < 1.29 is 0 Å². The van der Waals surface area contributed by atoms with E-state index in [-0.39, 0.29) is 0 Å². The summed E-state index contributed by atoms with van der Waals surface area (Å²) in [5.74, 6) is 0. The van der Waals surface area contributed by atoms with Gasteiger partial charge >= 0.3 is 0 Å². The monoisotopic (exact) mass is 370 g/mol. The zero-order chi connectivity index (χ0) is 18.6. The van der Waals surface area contributed by atoms with Crippen LogP contribution in [0.2, 0.25) is 0 Å². The second-order valence-corrected chi connectivity index (χ2v) is 7.38. The van der Waals surface area contributed by atoms with E-state index in [2.05, 4.69) is 96.6 Å². The van der Waals surface area contributed by atoms with Crippen LogP contribution in [0.25, 0.3) is 22.4 Å². The van der Waals surface area contributed by atoms with E-state index in [1.165, 1.54) is 27.9 Å². The van der Waals surface area contributed by atoms with Crippen molar-refractivity contribution in [2.45, 2.75) is 20.4 Å². The summed E-state index contributed by atoms with van der Waals surface area (Å²) in [4.78, 5) is 5.88. The molecule has 1 heterocycles. The number of rotatable bonds is 4. The van der Waals surface area contributed by atoms with Crippen LogP contribution in [0.15, 0.2) is 89.2 Å². The highest BCUT2D eigenvalue weighted by Crippen LogP contribution is 2.25. The van der Waals surface area contributed by atoms with E-state index in [9.17, 15) is 0 Å². The van der Waals surface area contributed by atoms with E-state index in [4.69, 9.17) is 4.99 Å². The molecule has 134 valence electrons. The predicted molar refractivity (Wildman–Crippen MR) is 115 cm³/mol. The lowest BCUT2D eigenvalue weighted by Gasteiger charge is -2.08. The molecule has 4 aromatic rings. The van der Waals surface area contributed by atoms with Gasteiger partial charge in [-0.2, -0.15) is 0 Å². The van der Waals surface area contributed by atoms with Gasteiger partial charge in [0.05, 0.1) is 11.4 Å². The van der Waals surface area contributed by atoms with Gasteiger partial charge < -0.3 is 4.57 Å². The van der Waals surface area contributed by atoms with Crippen LogP contribution in [0.5, 0.6) is 0 Å². The van der Waals surface area contributed by atoms with Crippen molar-refractivity contribution >= 4 is 17.0 Å². The molecule has 3 aromatic carbocycles. The van der Waals surface area contributed by atoms with E-state index in [1.807, 2.05) is 6.07 Å². The highest BCUT2D eigenvalue weighted by atomic mass is 32.1. The summed E-state index contributed by atoms with van der Waals surface area (Å²) in [6, 6.07) is 27.6. The van der Waals surface area contributed by atoms with Gasteiger partial charge in [-0.3, -0.25) is 0 Å². The number of aromatic nitrogens is 1. The molecule has 0 amide bonds. The summed E-state index contributed by atoms with van der Waals surface area (Å²) in [5.41, 5.74) is 7.17. The van der Waals surface area contributed by atoms with Crippen LogP contribution in [0.4, 0.5) is 5.69 Å². The molecule has 0 aliphatic rings. The highest BCUT2D eigenvalue weighted by Gasteiger charge is 2.07. The molecule has 1 aromatic heterocycles. The third kappa shape index (κ3) is 3.79. The maximum absolute atomic E-state index is 4.85. The molecule has 3 heteroatoms. The minimum absolute atomic E-state index is 0.893. The standard InChI is InChI=1S/C24H22N2S/c1-3-26-23(17-27-24(26)25-22-15-9-18(2)10-16-22)21-13-11-20(12-14-21)19-7-5-4-6-8-19/h4-17H,3H2,1-2H3. The van der Waals surface area contributed by atoms with Crippen molar-refractivity contribution in [2.24, 2.45) is 4.99 Å². The summed E-state index contributed by atoms with van der Waals surface area (Å²) in [6.45, 7) is 5.16. The smallest absolute Gasteiger partial charge is 0.190 e. The Kier molecular flexibility index (Phi) is 5.03. The van der Waals surface area contributed by atoms with Gasteiger partial charge in [0.25, 0.3) is 0 Å². The molecule has 0 saturated carbocycles. The molecular formula is C24H22N2S. The van der Waals surface area contributed by atoms with Gasteiger partial charge in [0.1, 0.15) is 0 Å². The predicted octanol–water partition coefficient (Wildman–Crippen LogP) is 6.44. The largest absolute Gasteiger partial charge is 0.317 e. The summed E-state index contributed by atoms with van der Waals surface area (Å²) in [5, 5.41) is 2.20. The fourth-order valence-corrected chi connectivity index (χ4v) is 4.14. The Labute approximate surface area is 164 Å². The van der Waals surface area contributed by atoms with Gasteiger partial charge in [0.2, 0.25) is 0 Å². The van der Waals surface area contributed by atoms with Crippen molar-refractivity contribution in [3.63, 3.8) is 0 Å². The Balaban J connectivity index is 1.70. The molecule has 0 spiro atoms. The first kappa shape index (κ1) is 17.5. The second kappa shape index (κ2) is 7.77. The summed E-state index contributed by atoms with van der Waals surface area (Å²) in [7, 11) is 0. The summed E-state index contributed by atoms with van der Waals surface area (Å²) >= 11 is 1.69. The second-order valence-electron chi connectivity index (χ2n) is 6.54. The number of benzene rings is 3. The first-order chi connectivity index (χ1) is 13.2. The number of hydrogen-bond acceptors (Lipinski definition) is 2. The van der Waals surface area contributed by atoms with Gasteiger partial charge in [-0.05, 0) is 42.7 Å². The van der Waals surface area contributed by atoms with E-state index in [0.717, 1.165) is 17.0 Å². The van der Waals surface area contributed by atoms with Gasteiger partial charge in [-0.25, -0.2) is 4.99 Å². The Bertz CT molecular complexity index is 1090. The highest BCUT2D eigenvalue weighted by molar-refractivity contribution is 7.07. The number of aryl methyl sites for hydroxylation is 1. The van der Waals surface area contributed by atoms with Crippen molar-refractivity contribution in [1.29, 1.82) is 0 Å². The molecular weight excluding hydrogens is 348 g/mol. The molecule has 0 radical (unpaired) electrons. The van der Waals surface area contributed by atoms with Crippen molar-refractivity contribution in [1.82, 2.24) is 4.57 Å². The minimum atomic E-state index is 0.893. The SMILES string of the molecule is CCn1c(-c2ccc(-c3ccccc3)cc2)csc1=Nc1ccc(C)cc1. The van der Waals surface area contributed by atoms with Crippen molar-refractivity contribution in [3.8, 4) is 22.4 Å². The number of nitrogens with zero attached hydrogens (tertiary/aromatic N) is 2. The van der Waals surface area contributed by atoms with Crippen LogP contribution in [0, 0.1) is 6.92 Å². The zero-order valence-electron chi connectivity index (χ0n) is 15.6. The number of thiazole rings is 1. The van der Waals surface area contributed by atoms with Crippen LogP contribution < -0.4 is 4.80 Å². The first-order valence-electron chi connectivity index (χ1n) is 9.20. The molecule has 4 rings (SSSR count). The van der Waals surface area contributed by atoms with E-state index >= 15 is 0 Å². The van der Waals surface area contributed by atoms with Crippen molar-refractivity contribution in [2.75, 3.05) is 0 Å². The molecule has 2 nitrogen and oxygen atoms in total. The third-order valence-electron chi connectivity index (χ3n) is 4.66. The Morgan fingerprint density at radius 1 is 0.778 bits per heavy atom. The van der Waals surface area contributed by atoms with Crippen LogP contribution >= 0.6 is 11.3 Å². The van der Waals surface area contributed by atoms with Gasteiger partial charge in [0, 0.05) is 11.9 Å². The van der Waals surface area contributed by atoms with Crippen molar-refractivity contribution in [3.05, 3.63) is 94.6 Å². The van der Waals surface area contributed by atoms with E-state index in [0.29, 0.717) is 0 Å². The van der Waals surface area contributed by atoms with Crippen LogP contribution in [-0.2, 0) is 6.54 Å². The first-order valence-corrected chi connectivity index (χ1v) is 10.1. The molecule has 0 fully saturated rings. The maximum Gasteiger partial charge on any atom is 0.190 e. The maximum atomic E-state index is 4.85. The van der Waals surface area contributed by atoms with Crippen LogP contribution in [0.1, 0.15) is 12.5 Å². The molecule has 0 saturated heterocycles. The van der Waals surface area contributed by atoms with Gasteiger partial charge in [0.15, 0.2) is 4.80 Å². The molecule has 0 N–H and O–H groups in total. The van der Waals surface area contributed by atoms with E-state index in [1.54, 1.807) is 11.3 Å². The quantitative estimate of drug-likeness (QED) is 0.393. The molecule has 0 aliphatic carbocycles. The van der Waals surface area contributed by atoms with Crippen LogP contribution in [-0.4, -0.2) is 4.57 Å². The average molecular weight is 371 g/mol. The fraction of sp³-hybridized carbons (Fsp3) is 0.125. The lowest BCUT2D eigenvalue weighted by atomic mass is 10.0. The average Bonchev–Trinajstić information content (AvgIpc) is 3.13. The topological polar surface area (TPSA) is 17.3 Å². The number of hydrogen-bond donors (Lipinski definition) is 0. The molecule has 0 bridgehead atoms. The Morgan fingerprint density at radius 2 is 1.41 bits per heavy atom. The lowest BCUT2D eigenvalue weighted by molar-refractivity contribution is 0.745. The van der Waals surface area contributed by atoms with E-state index < -0.39 is 0 Å².